The summed E-state index contributed by atoms with van der Waals surface area (Å²) in [5.41, 5.74) is 2.03. The molecule has 5 heteroatoms. The quantitative estimate of drug-likeness (QED) is 0.882. The van der Waals surface area contributed by atoms with Crippen molar-refractivity contribution in [3.05, 3.63) is 35.4 Å². The summed E-state index contributed by atoms with van der Waals surface area (Å²) in [6.07, 6.45) is -6.85. The predicted octanol–water partition coefficient (Wildman–Crippen LogP) is 2.35. The number of hydrogen-bond donors (Lipinski definition) is 1. The number of likely N-dealkylation sites (N-methyl/N-ethyl adjacent to an activating group) is 1. The molecule has 96 valence electrons. The van der Waals surface area contributed by atoms with Gasteiger partial charge in [0.1, 0.15) is 0 Å². The number of nitrogens with zero attached hydrogens (tertiary/aromatic N) is 1. The van der Waals surface area contributed by atoms with Crippen molar-refractivity contribution in [1.29, 1.82) is 0 Å². The van der Waals surface area contributed by atoms with Gasteiger partial charge in [0, 0.05) is 13.1 Å². The number of aliphatic hydroxyl groups is 1. The summed E-state index contributed by atoms with van der Waals surface area (Å²) in [6, 6.07) is 7.55. The lowest BCUT2D eigenvalue weighted by atomic mass is 10.1. The zero-order chi connectivity index (χ0) is 13.1. The van der Waals surface area contributed by atoms with Gasteiger partial charge in [-0.2, -0.15) is 13.2 Å². The molecule has 0 aliphatic carbocycles. The highest BCUT2D eigenvalue weighted by Crippen LogP contribution is 2.20. The summed E-state index contributed by atoms with van der Waals surface area (Å²) >= 11 is 0. The van der Waals surface area contributed by atoms with Gasteiger partial charge in [0.05, 0.1) is 0 Å². The van der Waals surface area contributed by atoms with Crippen LogP contribution < -0.4 is 0 Å². The normalized spacial score (nSPS) is 14.1. The van der Waals surface area contributed by atoms with E-state index in [1.807, 2.05) is 31.2 Å². The molecule has 1 rings (SSSR count). The fourth-order valence-electron chi connectivity index (χ4n) is 1.47. The number of benzene rings is 1. The van der Waals surface area contributed by atoms with Crippen LogP contribution in [0.1, 0.15) is 11.1 Å². The van der Waals surface area contributed by atoms with E-state index >= 15 is 0 Å². The Hall–Kier alpha value is -1.07. The van der Waals surface area contributed by atoms with Crippen LogP contribution in [0, 0.1) is 6.92 Å². The maximum absolute atomic E-state index is 12.1. The zero-order valence-electron chi connectivity index (χ0n) is 9.83. The molecular weight excluding hydrogens is 231 g/mol. The SMILES string of the molecule is Cc1ccc(CN(C)CC(O)C(F)(F)F)cc1. The van der Waals surface area contributed by atoms with Gasteiger partial charge in [-0.25, -0.2) is 0 Å². The average molecular weight is 247 g/mol. The van der Waals surface area contributed by atoms with Crippen molar-refractivity contribution in [2.75, 3.05) is 13.6 Å². The highest BCUT2D eigenvalue weighted by atomic mass is 19.4. The highest BCUT2D eigenvalue weighted by molar-refractivity contribution is 5.21. The third-order valence-corrected chi connectivity index (χ3v) is 2.44. The fourth-order valence-corrected chi connectivity index (χ4v) is 1.47. The summed E-state index contributed by atoms with van der Waals surface area (Å²) in [5.74, 6) is 0. The lowest BCUT2D eigenvalue weighted by molar-refractivity contribution is -0.207. The van der Waals surface area contributed by atoms with E-state index in [1.165, 1.54) is 4.90 Å². The van der Waals surface area contributed by atoms with Gasteiger partial charge in [0.15, 0.2) is 6.10 Å². The number of rotatable bonds is 4. The molecule has 0 aliphatic rings. The van der Waals surface area contributed by atoms with E-state index in [9.17, 15) is 13.2 Å². The van der Waals surface area contributed by atoms with E-state index in [0.29, 0.717) is 6.54 Å². The highest BCUT2D eigenvalue weighted by Gasteiger charge is 2.38. The number of aryl methyl sites for hydroxylation is 1. The van der Waals surface area contributed by atoms with E-state index in [-0.39, 0.29) is 0 Å². The molecule has 0 spiro atoms. The van der Waals surface area contributed by atoms with Crippen LogP contribution >= 0.6 is 0 Å². The third kappa shape index (κ3) is 4.75. The number of halogens is 3. The first-order valence-corrected chi connectivity index (χ1v) is 5.28. The first kappa shape index (κ1) is 14.0. The molecule has 17 heavy (non-hydrogen) atoms. The average Bonchev–Trinajstić information content (AvgIpc) is 2.20. The summed E-state index contributed by atoms with van der Waals surface area (Å²) in [6.45, 7) is 1.91. The van der Waals surface area contributed by atoms with Crippen LogP contribution in [-0.4, -0.2) is 35.9 Å². The topological polar surface area (TPSA) is 23.5 Å². The Morgan fingerprint density at radius 3 is 2.24 bits per heavy atom. The summed E-state index contributed by atoms with van der Waals surface area (Å²) in [7, 11) is 1.55. The summed E-state index contributed by atoms with van der Waals surface area (Å²) < 4.78 is 36.4. The van der Waals surface area contributed by atoms with Crippen molar-refractivity contribution >= 4 is 0 Å². The zero-order valence-corrected chi connectivity index (χ0v) is 9.83. The Morgan fingerprint density at radius 2 is 1.76 bits per heavy atom. The van der Waals surface area contributed by atoms with Gasteiger partial charge in [0.25, 0.3) is 0 Å². The number of hydrogen-bond acceptors (Lipinski definition) is 2. The molecule has 0 amide bonds. The lowest BCUT2D eigenvalue weighted by Crippen LogP contribution is -2.39. The van der Waals surface area contributed by atoms with Crippen molar-refractivity contribution in [1.82, 2.24) is 4.90 Å². The molecule has 0 aliphatic heterocycles. The van der Waals surface area contributed by atoms with Crippen molar-refractivity contribution in [2.45, 2.75) is 25.7 Å². The van der Waals surface area contributed by atoms with Gasteiger partial charge in [0.2, 0.25) is 0 Å². The molecule has 0 aromatic heterocycles. The van der Waals surface area contributed by atoms with Gasteiger partial charge in [-0.15, -0.1) is 0 Å². The largest absolute Gasteiger partial charge is 0.415 e. The van der Waals surface area contributed by atoms with Gasteiger partial charge in [-0.1, -0.05) is 29.8 Å². The van der Waals surface area contributed by atoms with E-state index in [1.54, 1.807) is 7.05 Å². The van der Waals surface area contributed by atoms with E-state index in [2.05, 4.69) is 0 Å². The monoisotopic (exact) mass is 247 g/mol. The van der Waals surface area contributed by atoms with E-state index in [4.69, 9.17) is 5.11 Å². The first-order valence-electron chi connectivity index (χ1n) is 5.28. The Morgan fingerprint density at radius 1 is 1.24 bits per heavy atom. The van der Waals surface area contributed by atoms with Crippen molar-refractivity contribution < 1.29 is 18.3 Å². The number of alkyl halides is 3. The van der Waals surface area contributed by atoms with Crippen molar-refractivity contribution in [3.63, 3.8) is 0 Å². The minimum Gasteiger partial charge on any atom is -0.382 e. The molecule has 0 heterocycles. The maximum Gasteiger partial charge on any atom is 0.415 e. The molecule has 1 aromatic carbocycles. The van der Waals surface area contributed by atoms with Crippen LogP contribution in [0.5, 0.6) is 0 Å². The lowest BCUT2D eigenvalue weighted by Gasteiger charge is -2.22. The molecule has 1 unspecified atom stereocenters. The molecule has 0 bridgehead atoms. The fraction of sp³-hybridized carbons (Fsp3) is 0.500. The standard InChI is InChI=1S/C12H16F3NO/c1-9-3-5-10(6-4-9)7-16(2)8-11(17)12(13,14)15/h3-6,11,17H,7-8H2,1-2H3. The second-order valence-electron chi connectivity index (χ2n) is 4.24. The second-order valence-corrected chi connectivity index (χ2v) is 4.24. The van der Waals surface area contributed by atoms with Crippen LogP contribution in [0.4, 0.5) is 13.2 Å². The molecule has 0 saturated heterocycles. The molecule has 0 fully saturated rings. The smallest absolute Gasteiger partial charge is 0.382 e. The minimum atomic E-state index is -4.55. The van der Waals surface area contributed by atoms with Gasteiger partial charge in [-0.05, 0) is 19.5 Å². The van der Waals surface area contributed by atoms with Crippen molar-refractivity contribution in [2.24, 2.45) is 0 Å². The minimum absolute atomic E-state index is 0.382. The Kier molecular flexibility index (Phi) is 4.54. The Bertz CT molecular complexity index is 348. The van der Waals surface area contributed by atoms with E-state index < -0.39 is 18.8 Å². The predicted molar refractivity (Wildman–Crippen MR) is 59.6 cm³/mol. The van der Waals surface area contributed by atoms with Gasteiger partial charge < -0.3 is 5.11 Å². The van der Waals surface area contributed by atoms with Crippen LogP contribution in [0.25, 0.3) is 0 Å². The second kappa shape index (κ2) is 5.51. The van der Waals surface area contributed by atoms with Crippen LogP contribution in [0.15, 0.2) is 24.3 Å². The molecule has 1 atom stereocenters. The molecular formula is C12H16F3NO. The molecule has 2 nitrogen and oxygen atoms in total. The molecule has 1 aromatic rings. The van der Waals surface area contributed by atoms with Crippen LogP contribution in [0.3, 0.4) is 0 Å². The Labute approximate surface area is 98.7 Å². The summed E-state index contributed by atoms with van der Waals surface area (Å²) in [4.78, 5) is 1.45. The molecule has 0 saturated carbocycles. The maximum atomic E-state index is 12.1. The van der Waals surface area contributed by atoms with E-state index in [0.717, 1.165) is 11.1 Å². The van der Waals surface area contributed by atoms with Gasteiger partial charge >= 0.3 is 6.18 Å². The molecule has 1 N–H and O–H groups in total. The van der Waals surface area contributed by atoms with Gasteiger partial charge in [-0.3, -0.25) is 4.90 Å². The van der Waals surface area contributed by atoms with Crippen LogP contribution in [-0.2, 0) is 6.54 Å². The van der Waals surface area contributed by atoms with Crippen molar-refractivity contribution in [3.8, 4) is 0 Å². The summed E-state index contributed by atoms with van der Waals surface area (Å²) in [5, 5.41) is 8.91. The molecule has 0 radical (unpaired) electrons. The van der Waals surface area contributed by atoms with Crippen LogP contribution in [0.2, 0.25) is 0 Å². The Balaban J connectivity index is 2.50. The first-order chi connectivity index (χ1) is 7.79. The third-order valence-electron chi connectivity index (χ3n) is 2.44. The number of aliphatic hydroxyl groups excluding tert-OH is 1.